The molecular weight excluding hydrogens is 1050 g/mol. The standard InChI is InChI=1S/C14H16FN3O2.C7H5FO.C7H9N3O4.C7H11N3O2.C5H5N3O4.C4H3N3O4/c1-3-18-12(14(19)20-2)8-13(17-18)16-9-10-4-6-11(15)7-5-10;8-7-3-1-6(5-9)2-4-7;1-3-9-5(7(11)14-2)4-6(8-9)10(12)13;1-3-10-5(7(11)12-2)4-6(8)9-10;1-12-5(9)3-2-4(7-6-3)8(10)11;8-4(9)2-1-3(6-5-2)7(10)11/h4-8H,3,9H2,1-2H3,(H,16,17);1-5H;4H,3H2,1-2H3;4H,3H2,1-2H3,(H2,8,9);2H,1H3,(H,6,7);1H,(H,5,6)(H,8,9). The van der Waals surface area contributed by atoms with E-state index in [1.54, 1.807) is 29.8 Å². The number of rotatable bonds is 15. The van der Waals surface area contributed by atoms with Crippen molar-refractivity contribution in [3.05, 3.63) is 160 Å². The number of carbonyl (C=O) groups excluding carboxylic acids is 5. The van der Waals surface area contributed by atoms with E-state index in [0.29, 0.717) is 61.1 Å². The number of benzene rings is 2. The maximum atomic E-state index is 12.8. The van der Waals surface area contributed by atoms with E-state index in [0.717, 1.165) is 23.8 Å². The second-order valence-electron chi connectivity index (χ2n) is 14.2. The number of carboxylic acids is 1. The van der Waals surface area contributed by atoms with Crippen LogP contribution in [0.1, 0.15) is 89.1 Å². The Morgan fingerprint density at radius 3 is 1.46 bits per heavy atom. The van der Waals surface area contributed by atoms with Crippen molar-refractivity contribution in [3.63, 3.8) is 0 Å². The van der Waals surface area contributed by atoms with Crippen LogP contribution in [0.4, 0.5) is 37.9 Å². The first-order valence-corrected chi connectivity index (χ1v) is 21.8. The number of aromatic amines is 2. The summed E-state index contributed by atoms with van der Waals surface area (Å²) in [5, 5.41) is 64.2. The number of esters is 4. The minimum absolute atomic E-state index is 0.0849. The first-order valence-electron chi connectivity index (χ1n) is 21.8. The Kier molecular flexibility index (Phi) is 25.7. The molecule has 0 saturated heterocycles. The molecule has 7 aromatic rings. The normalized spacial score (nSPS) is 9.76. The van der Waals surface area contributed by atoms with Crippen LogP contribution in [0.25, 0.3) is 0 Å². The van der Waals surface area contributed by atoms with Crippen LogP contribution in [0, 0.1) is 42.0 Å². The summed E-state index contributed by atoms with van der Waals surface area (Å²) in [6.45, 7) is 7.54. The van der Waals surface area contributed by atoms with Crippen LogP contribution in [0.3, 0.4) is 0 Å². The fourth-order valence-corrected chi connectivity index (χ4v) is 5.43. The Hall–Kier alpha value is -10.8. The summed E-state index contributed by atoms with van der Waals surface area (Å²) in [4.78, 5) is 93.0. The largest absolute Gasteiger partial charge is 0.476 e. The molecule has 416 valence electrons. The fraction of sp³-hybridized carbons (Fsp3) is 0.250. The van der Waals surface area contributed by atoms with Gasteiger partial charge in [0.1, 0.15) is 40.9 Å². The molecule has 6 N–H and O–H groups in total. The molecule has 0 spiro atoms. The number of nitrogens with zero attached hydrogens (tertiary/aromatic N) is 11. The molecule has 5 aromatic heterocycles. The van der Waals surface area contributed by atoms with Crippen molar-refractivity contribution in [3.8, 4) is 0 Å². The number of carbonyl (C=O) groups is 6. The van der Waals surface area contributed by atoms with E-state index in [-0.39, 0.29) is 40.4 Å². The van der Waals surface area contributed by atoms with Gasteiger partial charge in [0.2, 0.25) is 0 Å². The van der Waals surface area contributed by atoms with Crippen LogP contribution in [-0.2, 0) is 45.1 Å². The van der Waals surface area contributed by atoms with E-state index in [2.05, 4.69) is 50.1 Å². The molecule has 2 aromatic carbocycles. The second-order valence-corrected chi connectivity index (χ2v) is 14.2. The van der Waals surface area contributed by atoms with Gasteiger partial charge in [0.15, 0.2) is 17.1 Å². The molecule has 32 nitrogen and oxygen atoms in total. The van der Waals surface area contributed by atoms with Crippen molar-refractivity contribution < 1.29 is 76.4 Å². The molecule has 78 heavy (non-hydrogen) atoms. The molecule has 0 atom stereocenters. The van der Waals surface area contributed by atoms with E-state index in [9.17, 15) is 67.9 Å². The number of aldehydes is 1. The van der Waals surface area contributed by atoms with Gasteiger partial charge in [0, 0.05) is 37.3 Å². The molecule has 0 aliphatic rings. The van der Waals surface area contributed by atoms with Crippen LogP contribution < -0.4 is 11.1 Å². The third-order valence-electron chi connectivity index (χ3n) is 9.14. The first-order chi connectivity index (χ1) is 37.0. The summed E-state index contributed by atoms with van der Waals surface area (Å²) in [7, 11) is 5.04. The number of hydrogen-bond acceptors (Lipinski definition) is 23. The Morgan fingerprint density at radius 2 is 1.05 bits per heavy atom. The molecule has 0 fully saturated rings. The third kappa shape index (κ3) is 19.9. The highest BCUT2D eigenvalue weighted by molar-refractivity contribution is 5.89. The molecule has 0 radical (unpaired) electrons. The Morgan fingerprint density at radius 1 is 0.628 bits per heavy atom. The highest BCUT2D eigenvalue weighted by Crippen LogP contribution is 2.15. The first kappa shape index (κ1) is 63.3. The maximum Gasteiger partial charge on any atom is 0.390 e. The number of hydrogen-bond donors (Lipinski definition) is 5. The number of H-pyrrole nitrogens is 2. The Balaban J connectivity index is 0.000000326. The summed E-state index contributed by atoms with van der Waals surface area (Å²) in [5.74, 6) is -4.27. The number of ether oxygens (including phenoxy) is 4. The summed E-state index contributed by atoms with van der Waals surface area (Å²) in [6, 6.07) is 17.7. The quantitative estimate of drug-likeness (QED) is 0.0294. The number of nitrogen functional groups attached to an aromatic ring is 1. The summed E-state index contributed by atoms with van der Waals surface area (Å²) in [5.41, 5.74) is 7.23. The average Bonchev–Trinajstić information content (AvgIpc) is 4.31. The monoisotopic (exact) mass is 1100 g/mol. The van der Waals surface area contributed by atoms with Crippen LogP contribution >= 0.6 is 0 Å². The highest BCUT2D eigenvalue weighted by atomic mass is 19.1. The lowest BCUT2D eigenvalue weighted by Gasteiger charge is -2.03. The number of aromatic carboxylic acids is 1. The molecule has 0 saturated carbocycles. The lowest BCUT2D eigenvalue weighted by atomic mass is 10.2. The van der Waals surface area contributed by atoms with E-state index >= 15 is 0 Å². The third-order valence-corrected chi connectivity index (χ3v) is 9.14. The van der Waals surface area contributed by atoms with Crippen LogP contribution in [0.5, 0.6) is 0 Å². The second kappa shape index (κ2) is 31.7. The number of aryl methyl sites for hydroxylation is 3. The van der Waals surface area contributed by atoms with Crippen molar-refractivity contribution in [1.82, 2.24) is 49.7 Å². The van der Waals surface area contributed by atoms with Gasteiger partial charge in [0.25, 0.3) is 0 Å². The number of nitrogens with one attached hydrogen (secondary N) is 3. The SMILES string of the molecule is CCn1nc(N)cc1C(=O)OC.CCn1nc(NCc2ccc(F)cc2)cc1C(=O)OC.CCn1nc([N+](=O)[O-])cc1C(=O)OC.COC(=O)c1cc([N+](=O)[O-])[nH]n1.O=C(O)c1cc([N+](=O)[O-])[nH]n1.O=Cc1ccc(F)cc1. The number of methoxy groups -OCH3 is 4. The predicted molar refractivity (Wildman–Crippen MR) is 263 cm³/mol. The topological polar surface area (TPSA) is 438 Å². The molecule has 0 unspecified atom stereocenters. The van der Waals surface area contributed by atoms with Crippen molar-refractivity contribution in [1.29, 1.82) is 0 Å². The summed E-state index contributed by atoms with van der Waals surface area (Å²) in [6.07, 6.45) is 0.680. The molecule has 0 aliphatic carbocycles. The number of nitro groups is 3. The molecular formula is C44H49F2N15O17. The number of aromatic nitrogens is 10. The summed E-state index contributed by atoms with van der Waals surface area (Å²) >= 11 is 0. The van der Waals surface area contributed by atoms with Gasteiger partial charge >= 0.3 is 47.3 Å². The Bertz CT molecular complexity index is 3120. The van der Waals surface area contributed by atoms with Gasteiger partial charge in [-0.1, -0.05) is 22.3 Å². The van der Waals surface area contributed by atoms with Crippen LogP contribution in [0.15, 0.2) is 78.9 Å². The number of nitrogens with two attached hydrogens (primary N) is 1. The smallest absolute Gasteiger partial charge is 0.390 e. The van der Waals surface area contributed by atoms with E-state index < -0.39 is 50.4 Å². The zero-order valence-electron chi connectivity index (χ0n) is 42.1. The van der Waals surface area contributed by atoms with Gasteiger partial charge in [0.05, 0.1) is 58.3 Å². The molecule has 34 heteroatoms. The average molecular weight is 1100 g/mol. The van der Waals surface area contributed by atoms with E-state index in [4.69, 9.17) is 15.6 Å². The molecule has 0 amide bonds. The molecule has 0 aliphatic heterocycles. The molecule has 5 heterocycles. The van der Waals surface area contributed by atoms with Gasteiger partial charge in [-0.25, -0.2) is 32.8 Å². The van der Waals surface area contributed by atoms with Crippen LogP contribution in [-0.4, -0.2) is 134 Å². The number of anilines is 2. The van der Waals surface area contributed by atoms with Gasteiger partial charge in [-0.05, 0) is 77.5 Å². The van der Waals surface area contributed by atoms with Crippen molar-refractivity contribution in [2.45, 2.75) is 47.0 Å². The maximum absolute atomic E-state index is 12.8. The van der Waals surface area contributed by atoms with Gasteiger partial charge in [-0.2, -0.15) is 14.9 Å². The molecule has 0 bridgehead atoms. The zero-order chi connectivity index (χ0) is 58.6. The van der Waals surface area contributed by atoms with Crippen molar-refractivity contribution in [2.24, 2.45) is 0 Å². The van der Waals surface area contributed by atoms with Gasteiger partial charge in [-0.15, -0.1) is 10.2 Å². The minimum Gasteiger partial charge on any atom is -0.476 e. The fourth-order valence-electron chi connectivity index (χ4n) is 5.43. The van der Waals surface area contributed by atoms with E-state index in [1.807, 2.05) is 18.9 Å². The Labute approximate surface area is 437 Å². The number of halogens is 2. The van der Waals surface area contributed by atoms with E-state index in [1.165, 1.54) is 80.3 Å². The van der Waals surface area contributed by atoms with Crippen LogP contribution in [0.2, 0.25) is 0 Å². The minimum atomic E-state index is -1.30. The van der Waals surface area contributed by atoms with Crippen molar-refractivity contribution >= 4 is 65.2 Å². The number of carboxylic acid groups (broad SMARTS) is 1. The summed E-state index contributed by atoms with van der Waals surface area (Å²) < 4.78 is 47.2. The lowest BCUT2D eigenvalue weighted by Crippen LogP contribution is -2.10. The zero-order valence-corrected chi connectivity index (χ0v) is 42.1. The highest BCUT2D eigenvalue weighted by Gasteiger charge is 2.23. The van der Waals surface area contributed by atoms with Crippen molar-refractivity contribution in [2.75, 3.05) is 39.5 Å². The predicted octanol–water partition coefficient (Wildman–Crippen LogP) is 5.07. The molecule has 7 rings (SSSR count). The van der Waals surface area contributed by atoms with Gasteiger partial charge < -0.3 is 65.4 Å². The van der Waals surface area contributed by atoms with Gasteiger partial charge in [-0.3, -0.25) is 14.2 Å². The lowest BCUT2D eigenvalue weighted by molar-refractivity contribution is -0.389.